The van der Waals surface area contributed by atoms with Crippen LogP contribution in [0.4, 0.5) is 5.69 Å². The molecule has 100 valence electrons. The van der Waals surface area contributed by atoms with Crippen molar-refractivity contribution in [1.82, 2.24) is 0 Å². The lowest BCUT2D eigenvalue weighted by Crippen LogP contribution is -2.11. The first kappa shape index (κ1) is 13.4. The maximum absolute atomic E-state index is 12.0. The minimum atomic E-state index is -0.263. The fourth-order valence-corrected chi connectivity index (χ4v) is 1.78. The number of rotatable bonds is 4. The number of benzene rings is 1. The minimum absolute atomic E-state index is 0.263. The molecule has 1 aromatic heterocycles. The molecule has 0 saturated heterocycles. The van der Waals surface area contributed by atoms with Crippen LogP contribution in [-0.2, 0) is 6.54 Å². The van der Waals surface area contributed by atoms with Crippen molar-refractivity contribution in [2.45, 2.75) is 26.3 Å². The molecular formula is C15H18N2O2. The minimum Gasteiger partial charge on any atom is -0.455 e. The SMILES string of the molecule is CC(C)c1cccc(NC(=O)c2ccc(CN)o2)c1. The van der Waals surface area contributed by atoms with Crippen molar-refractivity contribution in [1.29, 1.82) is 0 Å². The van der Waals surface area contributed by atoms with Crippen molar-refractivity contribution >= 4 is 11.6 Å². The highest BCUT2D eigenvalue weighted by Gasteiger charge is 2.11. The maximum Gasteiger partial charge on any atom is 0.291 e. The van der Waals surface area contributed by atoms with E-state index in [1.807, 2.05) is 24.3 Å². The average molecular weight is 258 g/mol. The molecule has 2 aromatic rings. The molecule has 19 heavy (non-hydrogen) atoms. The summed E-state index contributed by atoms with van der Waals surface area (Å²) in [5.74, 6) is 1.03. The molecule has 0 saturated carbocycles. The highest BCUT2D eigenvalue weighted by Crippen LogP contribution is 2.19. The third-order valence-corrected chi connectivity index (χ3v) is 2.90. The Morgan fingerprint density at radius 3 is 2.74 bits per heavy atom. The Morgan fingerprint density at radius 1 is 1.32 bits per heavy atom. The average Bonchev–Trinajstić information content (AvgIpc) is 2.88. The summed E-state index contributed by atoms with van der Waals surface area (Å²) >= 11 is 0. The molecule has 0 aliphatic carbocycles. The number of anilines is 1. The van der Waals surface area contributed by atoms with Gasteiger partial charge in [0.05, 0.1) is 6.54 Å². The number of carbonyl (C=O) groups is 1. The van der Waals surface area contributed by atoms with Crippen molar-refractivity contribution in [2.75, 3.05) is 5.32 Å². The lowest BCUT2D eigenvalue weighted by molar-refractivity contribution is 0.0995. The maximum atomic E-state index is 12.0. The summed E-state index contributed by atoms with van der Waals surface area (Å²) in [6, 6.07) is 11.1. The normalized spacial score (nSPS) is 10.7. The quantitative estimate of drug-likeness (QED) is 0.885. The van der Waals surface area contributed by atoms with E-state index in [2.05, 4.69) is 19.2 Å². The van der Waals surface area contributed by atoms with Crippen molar-refractivity contribution < 1.29 is 9.21 Å². The summed E-state index contributed by atoms with van der Waals surface area (Å²) in [5.41, 5.74) is 7.39. The van der Waals surface area contributed by atoms with E-state index in [0.717, 1.165) is 5.69 Å². The molecule has 0 unspecified atom stereocenters. The first-order chi connectivity index (χ1) is 9.10. The number of amides is 1. The third-order valence-electron chi connectivity index (χ3n) is 2.90. The van der Waals surface area contributed by atoms with Gasteiger partial charge in [0.2, 0.25) is 0 Å². The molecule has 0 fully saturated rings. The highest BCUT2D eigenvalue weighted by molar-refractivity contribution is 6.02. The molecule has 0 aliphatic rings. The van der Waals surface area contributed by atoms with Crippen LogP contribution in [0.15, 0.2) is 40.8 Å². The number of nitrogens with two attached hydrogens (primary N) is 1. The second kappa shape index (κ2) is 5.71. The van der Waals surface area contributed by atoms with Crippen LogP contribution < -0.4 is 11.1 Å². The van der Waals surface area contributed by atoms with Gasteiger partial charge in [-0.1, -0.05) is 26.0 Å². The van der Waals surface area contributed by atoms with Gasteiger partial charge in [-0.2, -0.15) is 0 Å². The Balaban J connectivity index is 2.12. The van der Waals surface area contributed by atoms with E-state index >= 15 is 0 Å². The summed E-state index contributed by atoms with van der Waals surface area (Å²) < 4.78 is 5.31. The van der Waals surface area contributed by atoms with Gasteiger partial charge in [-0.05, 0) is 35.7 Å². The van der Waals surface area contributed by atoms with Gasteiger partial charge in [0.15, 0.2) is 5.76 Å². The van der Waals surface area contributed by atoms with Crippen molar-refractivity contribution in [3.8, 4) is 0 Å². The monoisotopic (exact) mass is 258 g/mol. The molecule has 0 radical (unpaired) electrons. The van der Waals surface area contributed by atoms with Crippen molar-refractivity contribution in [3.63, 3.8) is 0 Å². The van der Waals surface area contributed by atoms with Crippen LogP contribution in [0.25, 0.3) is 0 Å². The summed E-state index contributed by atoms with van der Waals surface area (Å²) in [5, 5.41) is 2.82. The molecule has 1 heterocycles. The smallest absolute Gasteiger partial charge is 0.291 e. The van der Waals surface area contributed by atoms with Gasteiger partial charge in [0.25, 0.3) is 5.91 Å². The van der Waals surface area contributed by atoms with Crippen LogP contribution in [0, 0.1) is 0 Å². The van der Waals surface area contributed by atoms with Gasteiger partial charge in [-0.25, -0.2) is 0 Å². The third kappa shape index (κ3) is 3.23. The van der Waals surface area contributed by atoms with Crippen LogP contribution in [0.2, 0.25) is 0 Å². The fraction of sp³-hybridized carbons (Fsp3) is 0.267. The molecule has 0 atom stereocenters. The van der Waals surface area contributed by atoms with Crippen LogP contribution >= 0.6 is 0 Å². The van der Waals surface area contributed by atoms with Gasteiger partial charge >= 0.3 is 0 Å². The summed E-state index contributed by atoms with van der Waals surface area (Å²) in [6.45, 7) is 4.51. The van der Waals surface area contributed by atoms with Gasteiger partial charge in [0, 0.05) is 5.69 Å². The number of nitrogens with one attached hydrogen (secondary N) is 1. The van der Waals surface area contributed by atoms with Crippen LogP contribution in [-0.4, -0.2) is 5.91 Å². The van der Waals surface area contributed by atoms with Crippen molar-refractivity contribution in [3.05, 3.63) is 53.5 Å². The Hall–Kier alpha value is -2.07. The molecular weight excluding hydrogens is 240 g/mol. The zero-order valence-electron chi connectivity index (χ0n) is 11.1. The van der Waals surface area contributed by atoms with E-state index in [1.54, 1.807) is 12.1 Å². The van der Waals surface area contributed by atoms with E-state index in [9.17, 15) is 4.79 Å². The molecule has 0 spiro atoms. The van der Waals surface area contributed by atoms with Gasteiger partial charge in [-0.15, -0.1) is 0 Å². The lowest BCUT2D eigenvalue weighted by Gasteiger charge is -2.08. The highest BCUT2D eigenvalue weighted by atomic mass is 16.4. The Bertz CT molecular complexity index is 573. The van der Waals surface area contributed by atoms with E-state index in [1.165, 1.54) is 5.56 Å². The molecule has 1 aromatic carbocycles. The zero-order chi connectivity index (χ0) is 13.8. The number of furan rings is 1. The predicted molar refractivity (Wildman–Crippen MR) is 75.1 cm³/mol. The molecule has 4 nitrogen and oxygen atoms in total. The number of hydrogen-bond acceptors (Lipinski definition) is 3. The predicted octanol–water partition coefficient (Wildman–Crippen LogP) is 3.11. The summed E-state index contributed by atoms with van der Waals surface area (Å²) in [4.78, 5) is 12.0. The second-order valence-electron chi connectivity index (χ2n) is 4.70. The molecule has 2 rings (SSSR count). The molecule has 3 N–H and O–H groups in total. The topological polar surface area (TPSA) is 68.3 Å². The standard InChI is InChI=1S/C15H18N2O2/c1-10(2)11-4-3-5-12(8-11)17-15(18)14-7-6-13(9-16)19-14/h3-8,10H,9,16H2,1-2H3,(H,17,18). The zero-order valence-corrected chi connectivity index (χ0v) is 11.1. The van der Waals surface area contributed by atoms with Crippen LogP contribution in [0.3, 0.4) is 0 Å². The van der Waals surface area contributed by atoms with Crippen LogP contribution in [0.1, 0.15) is 41.6 Å². The summed E-state index contributed by atoms with van der Waals surface area (Å²) in [6.07, 6.45) is 0. The summed E-state index contributed by atoms with van der Waals surface area (Å²) in [7, 11) is 0. The van der Waals surface area contributed by atoms with E-state index in [0.29, 0.717) is 11.7 Å². The largest absolute Gasteiger partial charge is 0.455 e. The molecule has 0 bridgehead atoms. The Morgan fingerprint density at radius 2 is 2.11 bits per heavy atom. The van der Waals surface area contributed by atoms with Gasteiger partial charge in [-0.3, -0.25) is 4.79 Å². The Labute approximate surface area is 112 Å². The molecule has 1 amide bonds. The van der Waals surface area contributed by atoms with Gasteiger partial charge < -0.3 is 15.5 Å². The van der Waals surface area contributed by atoms with Gasteiger partial charge in [0.1, 0.15) is 5.76 Å². The van der Waals surface area contributed by atoms with E-state index in [4.69, 9.17) is 10.2 Å². The molecule has 0 aliphatic heterocycles. The first-order valence-corrected chi connectivity index (χ1v) is 6.30. The van der Waals surface area contributed by atoms with E-state index in [-0.39, 0.29) is 18.2 Å². The number of hydrogen-bond donors (Lipinski definition) is 2. The fourth-order valence-electron chi connectivity index (χ4n) is 1.78. The van der Waals surface area contributed by atoms with Crippen LogP contribution in [0.5, 0.6) is 0 Å². The Kier molecular flexibility index (Phi) is 4.02. The first-order valence-electron chi connectivity index (χ1n) is 6.30. The molecule has 4 heteroatoms. The van der Waals surface area contributed by atoms with E-state index < -0.39 is 0 Å². The van der Waals surface area contributed by atoms with Crippen molar-refractivity contribution in [2.24, 2.45) is 5.73 Å². The number of carbonyl (C=O) groups excluding carboxylic acids is 1. The lowest BCUT2D eigenvalue weighted by atomic mass is 10.0. The second-order valence-corrected chi connectivity index (χ2v) is 4.70.